The van der Waals surface area contributed by atoms with Gasteiger partial charge in [0.15, 0.2) is 0 Å². The number of hydrogen-bond donors (Lipinski definition) is 0. The number of hydrogen-bond acceptors (Lipinski definition) is 1. The Bertz CT molecular complexity index is 439. The number of carbonyl (C=O) groups is 1. The summed E-state index contributed by atoms with van der Waals surface area (Å²) in [5.74, 6) is 0. The fourth-order valence-electron chi connectivity index (χ4n) is 1.46. The van der Waals surface area contributed by atoms with Gasteiger partial charge in [0.1, 0.15) is 0 Å². The molecule has 1 unspecified atom stereocenters. The van der Waals surface area contributed by atoms with Crippen LogP contribution in [0.2, 0.25) is 0 Å². The zero-order valence-corrected chi connectivity index (χ0v) is 10.5. The fraction of sp³-hybridized carbons (Fsp3) is 0.0714. The molecule has 0 saturated carbocycles. The summed E-state index contributed by atoms with van der Waals surface area (Å²) in [6.07, 6.45) is 1.06. The summed E-state index contributed by atoms with van der Waals surface area (Å²) in [5, 5.41) is 0. The molecule has 16 heavy (non-hydrogen) atoms. The molecule has 1 atom stereocenters. The topological polar surface area (TPSA) is 17.1 Å². The van der Waals surface area contributed by atoms with Crippen LogP contribution in [0.4, 0.5) is 0 Å². The standard InChI is InChI=1S/C14H12OSe/c15-11-14(12-7-3-1-4-8-12)16-13-9-5-2-6-10-13/h1-11,14H. The van der Waals surface area contributed by atoms with Crippen LogP contribution in [-0.4, -0.2) is 21.2 Å². The van der Waals surface area contributed by atoms with Crippen molar-refractivity contribution in [3.05, 3.63) is 66.2 Å². The number of aldehydes is 1. The first kappa shape index (κ1) is 11.1. The first-order chi connectivity index (χ1) is 7.90. The molecule has 1 nitrogen and oxygen atoms in total. The van der Waals surface area contributed by atoms with Crippen molar-refractivity contribution in [1.29, 1.82) is 0 Å². The number of benzene rings is 2. The summed E-state index contributed by atoms with van der Waals surface area (Å²) in [6, 6.07) is 20.2. The predicted octanol–water partition coefficient (Wildman–Crippen LogP) is 1.96. The van der Waals surface area contributed by atoms with Crippen LogP contribution in [0.25, 0.3) is 0 Å². The monoisotopic (exact) mass is 276 g/mol. The first-order valence-electron chi connectivity index (χ1n) is 5.12. The van der Waals surface area contributed by atoms with Crippen LogP contribution < -0.4 is 4.46 Å². The molecule has 0 aliphatic rings. The normalized spacial score (nSPS) is 12.0. The molecule has 0 aliphatic heterocycles. The Labute approximate surface area is 102 Å². The van der Waals surface area contributed by atoms with Crippen molar-refractivity contribution in [2.24, 2.45) is 0 Å². The summed E-state index contributed by atoms with van der Waals surface area (Å²) in [7, 11) is 0. The van der Waals surface area contributed by atoms with E-state index in [2.05, 4.69) is 12.1 Å². The van der Waals surface area contributed by atoms with Gasteiger partial charge in [0.2, 0.25) is 0 Å². The van der Waals surface area contributed by atoms with E-state index in [9.17, 15) is 4.79 Å². The van der Waals surface area contributed by atoms with E-state index < -0.39 is 0 Å². The van der Waals surface area contributed by atoms with Crippen LogP contribution in [0.3, 0.4) is 0 Å². The van der Waals surface area contributed by atoms with E-state index in [1.807, 2.05) is 48.5 Å². The molecule has 0 fully saturated rings. The van der Waals surface area contributed by atoms with Gasteiger partial charge in [-0.1, -0.05) is 0 Å². The van der Waals surface area contributed by atoms with Gasteiger partial charge in [0.25, 0.3) is 0 Å². The van der Waals surface area contributed by atoms with E-state index in [-0.39, 0.29) is 19.8 Å². The van der Waals surface area contributed by atoms with Gasteiger partial charge in [-0.15, -0.1) is 0 Å². The molecule has 80 valence electrons. The van der Waals surface area contributed by atoms with Crippen molar-refractivity contribution >= 4 is 25.7 Å². The number of rotatable bonds is 4. The van der Waals surface area contributed by atoms with Gasteiger partial charge in [-0.2, -0.15) is 0 Å². The third-order valence-corrected chi connectivity index (χ3v) is 4.74. The van der Waals surface area contributed by atoms with Crippen molar-refractivity contribution in [3.8, 4) is 0 Å². The molecule has 2 aromatic carbocycles. The van der Waals surface area contributed by atoms with Gasteiger partial charge >= 0.3 is 102 Å². The van der Waals surface area contributed by atoms with Crippen molar-refractivity contribution in [3.63, 3.8) is 0 Å². The SMILES string of the molecule is O=CC([Se]c1ccccc1)c1ccccc1. The Morgan fingerprint density at radius 2 is 1.44 bits per heavy atom. The van der Waals surface area contributed by atoms with Crippen molar-refractivity contribution < 1.29 is 4.79 Å². The molecule has 0 radical (unpaired) electrons. The summed E-state index contributed by atoms with van der Waals surface area (Å²) >= 11 is 0.171. The van der Waals surface area contributed by atoms with Crippen molar-refractivity contribution in [2.75, 3.05) is 0 Å². The van der Waals surface area contributed by atoms with Gasteiger partial charge in [0.05, 0.1) is 0 Å². The Balaban J connectivity index is 2.16. The average Bonchev–Trinajstić information content (AvgIpc) is 2.38. The predicted molar refractivity (Wildman–Crippen MR) is 67.1 cm³/mol. The van der Waals surface area contributed by atoms with Gasteiger partial charge in [-0.25, -0.2) is 0 Å². The first-order valence-corrected chi connectivity index (χ1v) is 6.96. The quantitative estimate of drug-likeness (QED) is 0.616. The molecule has 0 saturated heterocycles. The van der Waals surface area contributed by atoms with Crippen molar-refractivity contribution in [2.45, 2.75) is 4.82 Å². The summed E-state index contributed by atoms with van der Waals surface area (Å²) in [6.45, 7) is 0. The van der Waals surface area contributed by atoms with Crippen LogP contribution in [0.15, 0.2) is 60.7 Å². The van der Waals surface area contributed by atoms with Crippen LogP contribution in [0.5, 0.6) is 0 Å². The molecule has 0 bridgehead atoms. The van der Waals surface area contributed by atoms with E-state index in [0.717, 1.165) is 11.8 Å². The van der Waals surface area contributed by atoms with Crippen LogP contribution >= 0.6 is 0 Å². The Morgan fingerprint density at radius 1 is 0.875 bits per heavy atom. The molecule has 0 aliphatic carbocycles. The number of carbonyl (C=O) groups excluding carboxylic acids is 1. The van der Waals surface area contributed by atoms with E-state index in [4.69, 9.17) is 0 Å². The zero-order chi connectivity index (χ0) is 11.2. The maximum atomic E-state index is 11.1. The fourth-order valence-corrected chi connectivity index (χ4v) is 3.47. The van der Waals surface area contributed by atoms with E-state index in [1.54, 1.807) is 0 Å². The van der Waals surface area contributed by atoms with Crippen molar-refractivity contribution in [1.82, 2.24) is 0 Å². The molecular formula is C14H12OSe. The van der Waals surface area contributed by atoms with Gasteiger partial charge in [-0.05, 0) is 0 Å². The van der Waals surface area contributed by atoms with Crippen LogP contribution in [0, 0.1) is 0 Å². The summed E-state index contributed by atoms with van der Waals surface area (Å²) in [4.78, 5) is 11.1. The van der Waals surface area contributed by atoms with Gasteiger partial charge in [0, 0.05) is 0 Å². The molecule has 0 heterocycles. The molecule has 0 amide bonds. The molecule has 0 aromatic heterocycles. The van der Waals surface area contributed by atoms with E-state index >= 15 is 0 Å². The Hall–Kier alpha value is -1.37. The second kappa shape index (κ2) is 5.64. The Kier molecular flexibility index (Phi) is 3.92. The molecule has 0 N–H and O–H groups in total. The van der Waals surface area contributed by atoms with E-state index in [1.165, 1.54) is 4.46 Å². The average molecular weight is 275 g/mol. The van der Waals surface area contributed by atoms with Gasteiger partial charge in [-0.3, -0.25) is 0 Å². The minimum atomic E-state index is 0.0242. The second-order valence-corrected chi connectivity index (χ2v) is 5.95. The molecule has 2 aromatic rings. The zero-order valence-electron chi connectivity index (χ0n) is 8.74. The Morgan fingerprint density at radius 3 is 2.00 bits per heavy atom. The minimum absolute atomic E-state index is 0.0242. The molecular weight excluding hydrogens is 263 g/mol. The van der Waals surface area contributed by atoms with Crippen LogP contribution in [-0.2, 0) is 4.79 Å². The molecule has 2 rings (SSSR count). The molecule has 2 heteroatoms. The van der Waals surface area contributed by atoms with Crippen LogP contribution in [0.1, 0.15) is 10.4 Å². The molecule has 0 spiro atoms. The summed E-state index contributed by atoms with van der Waals surface area (Å²) in [5.41, 5.74) is 1.11. The van der Waals surface area contributed by atoms with E-state index in [0.29, 0.717) is 0 Å². The second-order valence-electron chi connectivity index (χ2n) is 3.40. The maximum absolute atomic E-state index is 11.1. The van der Waals surface area contributed by atoms with Gasteiger partial charge < -0.3 is 0 Å². The third-order valence-electron chi connectivity index (χ3n) is 2.26. The summed E-state index contributed by atoms with van der Waals surface area (Å²) < 4.78 is 1.26. The third kappa shape index (κ3) is 2.82.